The monoisotopic (exact) mass is 235 g/mol. The van der Waals surface area contributed by atoms with E-state index in [-0.39, 0.29) is 17.5 Å². The minimum Gasteiger partial charge on any atom is -0.634 e. The SMILES string of the molecule is CC(C)[C@@H]1OC(C[NH+](C)[O-])[C@@H](O)C(O)C1O. The normalized spacial score (nSPS) is 42.4. The molecule has 0 amide bonds. The molecule has 0 aromatic heterocycles. The van der Waals surface area contributed by atoms with Gasteiger partial charge in [-0.05, 0) is 5.92 Å². The number of hydroxylamine groups is 2. The molecule has 4 unspecified atom stereocenters. The van der Waals surface area contributed by atoms with Gasteiger partial charge in [-0.1, -0.05) is 13.8 Å². The second-order valence-electron chi connectivity index (χ2n) is 4.76. The van der Waals surface area contributed by atoms with E-state index in [1.54, 1.807) is 0 Å². The number of likely N-dealkylation sites (N-methyl/N-ethyl adjacent to an activating group) is 1. The van der Waals surface area contributed by atoms with Gasteiger partial charge >= 0.3 is 0 Å². The van der Waals surface area contributed by atoms with E-state index in [4.69, 9.17) is 4.74 Å². The van der Waals surface area contributed by atoms with Gasteiger partial charge in [0.2, 0.25) is 0 Å². The van der Waals surface area contributed by atoms with Crippen LogP contribution in [-0.4, -0.2) is 59.4 Å². The highest BCUT2D eigenvalue weighted by atomic mass is 16.5. The molecule has 16 heavy (non-hydrogen) atoms. The predicted molar refractivity (Wildman–Crippen MR) is 56.6 cm³/mol. The smallest absolute Gasteiger partial charge is 0.135 e. The van der Waals surface area contributed by atoms with Crippen molar-refractivity contribution >= 4 is 0 Å². The van der Waals surface area contributed by atoms with Crippen molar-refractivity contribution in [1.82, 2.24) is 0 Å². The van der Waals surface area contributed by atoms with Crippen LogP contribution < -0.4 is 5.06 Å². The molecule has 1 fully saturated rings. The van der Waals surface area contributed by atoms with Crippen molar-refractivity contribution in [2.45, 2.75) is 44.4 Å². The van der Waals surface area contributed by atoms with Gasteiger partial charge in [0.15, 0.2) is 0 Å². The van der Waals surface area contributed by atoms with Crippen molar-refractivity contribution in [3.8, 4) is 0 Å². The first-order valence-corrected chi connectivity index (χ1v) is 5.53. The third-order valence-electron chi connectivity index (χ3n) is 2.89. The van der Waals surface area contributed by atoms with Crippen LogP contribution in [0.25, 0.3) is 0 Å². The van der Waals surface area contributed by atoms with Crippen LogP contribution in [0.1, 0.15) is 13.8 Å². The lowest BCUT2D eigenvalue weighted by Gasteiger charge is -2.42. The Kier molecular flexibility index (Phi) is 4.66. The summed E-state index contributed by atoms with van der Waals surface area (Å²) in [5.41, 5.74) is 0. The summed E-state index contributed by atoms with van der Waals surface area (Å²) in [6, 6.07) is 0. The van der Waals surface area contributed by atoms with Gasteiger partial charge in [-0.25, -0.2) is 0 Å². The third kappa shape index (κ3) is 2.91. The summed E-state index contributed by atoms with van der Waals surface area (Å²) in [6.07, 6.45) is -4.87. The lowest BCUT2D eigenvalue weighted by atomic mass is 9.89. The number of rotatable bonds is 3. The molecule has 0 radical (unpaired) electrons. The summed E-state index contributed by atoms with van der Waals surface area (Å²) < 4.78 is 5.47. The van der Waals surface area contributed by atoms with Crippen molar-refractivity contribution in [3.05, 3.63) is 5.21 Å². The fourth-order valence-electron chi connectivity index (χ4n) is 1.98. The molecular weight excluding hydrogens is 214 g/mol. The van der Waals surface area contributed by atoms with Crippen LogP contribution in [0.15, 0.2) is 0 Å². The molecule has 0 spiro atoms. The highest BCUT2D eigenvalue weighted by Gasteiger charge is 2.45. The van der Waals surface area contributed by atoms with Crippen LogP contribution in [0, 0.1) is 11.1 Å². The predicted octanol–water partition coefficient (Wildman–Crippen LogP) is -2.49. The Morgan fingerprint density at radius 1 is 1.19 bits per heavy atom. The largest absolute Gasteiger partial charge is 0.634 e. The van der Waals surface area contributed by atoms with Gasteiger partial charge in [-0.2, -0.15) is 0 Å². The molecule has 1 aliphatic heterocycles. The van der Waals surface area contributed by atoms with Gasteiger partial charge in [-0.3, -0.25) is 0 Å². The molecule has 0 aromatic rings. The highest BCUT2D eigenvalue weighted by Crippen LogP contribution is 2.25. The Bertz CT molecular complexity index is 221. The molecule has 96 valence electrons. The van der Waals surface area contributed by atoms with Crippen LogP contribution in [0.3, 0.4) is 0 Å². The zero-order chi connectivity index (χ0) is 12.5. The van der Waals surface area contributed by atoms with E-state index in [0.717, 1.165) is 0 Å². The van der Waals surface area contributed by atoms with E-state index < -0.39 is 30.5 Å². The highest BCUT2D eigenvalue weighted by molar-refractivity contribution is 4.92. The van der Waals surface area contributed by atoms with Crippen molar-refractivity contribution in [2.75, 3.05) is 13.6 Å². The molecule has 0 aromatic carbocycles. The number of quaternary nitrogens is 1. The standard InChI is InChI=1S/C10H21NO5/c1-5(2)10-9(14)8(13)7(12)6(16-10)4-11(3)15/h5-14H,4H2,1-3H3/t6?,7-,8?,9?,10+/m1/s1. The van der Waals surface area contributed by atoms with E-state index in [1.807, 2.05) is 13.8 Å². The number of aliphatic hydroxyl groups is 3. The van der Waals surface area contributed by atoms with Crippen LogP contribution in [0.4, 0.5) is 0 Å². The lowest BCUT2D eigenvalue weighted by molar-refractivity contribution is -0.831. The molecule has 1 aliphatic rings. The molecule has 6 atom stereocenters. The number of aliphatic hydroxyl groups excluding tert-OH is 3. The number of hydrogen-bond acceptors (Lipinski definition) is 5. The van der Waals surface area contributed by atoms with Crippen molar-refractivity contribution in [3.63, 3.8) is 0 Å². The van der Waals surface area contributed by atoms with E-state index in [0.29, 0.717) is 0 Å². The molecule has 1 heterocycles. The van der Waals surface area contributed by atoms with E-state index in [2.05, 4.69) is 0 Å². The minimum absolute atomic E-state index is 0.00612. The fraction of sp³-hybridized carbons (Fsp3) is 1.00. The molecule has 0 aliphatic carbocycles. The minimum atomic E-state index is -1.26. The van der Waals surface area contributed by atoms with Gasteiger partial charge in [0, 0.05) is 0 Å². The van der Waals surface area contributed by atoms with Gasteiger partial charge in [0.1, 0.15) is 31.0 Å². The lowest BCUT2D eigenvalue weighted by Crippen LogP contribution is -3.05. The second kappa shape index (κ2) is 5.39. The van der Waals surface area contributed by atoms with Crippen LogP contribution >= 0.6 is 0 Å². The molecule has 4 N–H and O–H groups in total. The van der Waals surface area contributed by atoms with E-state index in [9.17, 15) is 20.5 Å². The molecule has 6 heteroatoms. The van der Waals surface area contributed by atoms with Crippen LogP contribution in [0.2, 0.25) is 0 Å². The number of hydrogen-bond donors (Lipinski definition) is 4. The fourth-order valence-corrected chi connectivity index (χ4v) is 1.98. The van der Waals surface area contributed by atoms with E-state index >= 15 is 0 Å². The second-order valence-corrected chi connectivity index (χ2v) is 4.76. The summed E-state index contributed by atoms with van der Waals surface area (Å²) in [6.45, 7) is 3.75. The van der Waals surface area contributed by atoms with Gasteiger partial charge in [0.25, 0.3) is 0 Å². The Hall–Kier alpha value is -0.240. The Morgan fingerprint density at radius 3 is 2.19 bits per heavy atom. The maximum Gasteiger partial charge on any atom is 0.135 e. The molecule has 1 saturated heterocycles. The Morgan fingerprint density at radius 2 is 1.75 bits per heavy atom. The summed E-state index contributed by atoms with van der Waals surface area (Å²) in [5, 5.41) is 39.9. The van der Waals surface area contributed by atoms with Crippen LogP contribution in [0.5, 0.6) is 0 Å². The van der Waals surface area contributed by atoms with Gasteiger partial charge < -0.3 is 30.3 Å². The van der Waals surface area contributed by atoms with Gasteiger partial charge in [-0.15, -0.1) is 0 Å². The molecule has 0 saturated carbocycles. The zero-order valence-electron chi connectivity index (χ0n) is 9.83. The van der Waals surface area contributed by atoms with Gasteiger partial charge in [0.05, 0.1) is 13.2 Å². The van der Waals surface area contributed by atoms with Crippen molar-refractivity contribution in [1.29, 1.82) is 0 Å². The summed E-state index contributed by atoms with van der Waals surface area (Å²) in [5.74, 6) is 0.00612. The first kappa shape index (κ1) is 13.8. The average molecular weight is 235 g/mol. The molecule has 0 bridgehead atoms. The Balaban J connectivity index is 2.73. The summed E-state index contributed by atoms with van der Waals surface area (Å²) >= 11 is 0. The third-order valence-corrected chi connectivity index (χ3v) is 2.89. The molecule has 1 rings (SSSR count). The zero-order valence-corrected chi connectivity index (χ0v) is 9.83. The maximum absolute atomic E-state index is 11.0. The first-order chi connectivity index (χ1) is 7.34. The quantitative estimate of drug-likeness (QED) is 0.406. The molecular formula is C10H21NO5. The number of nitrogens with one attached hydrogen (secondary N) is 1. The van der Waals surface area contributed by atoms with Crippen molar-refractivity contribution < 1.29 is 25.1 Å². The van der Waals surface area contributed by atoms with E-state index in [1.165, 1.54) is 7.05 Å². The average Bonchev–Trinajstić information content (AvgIpc) is 2.18. The maximum atomic E-state index is 11.0. The summed E-state index contributed by atoms with van der Waals surface area (Å²) in [7, 11) is 1.40. The topological polar surface area (TPSA) is 97.4 Å². The summed E-state index contributed by atoms with van der Waals surface area (Å²) in [4.78, 5) is 0. The Labute approximate surface area is 95.0 Å². The van der Waals surface area contributed by atoms with Crippen LogP contribution in [-0.2, 0) is 4.74 Å². The van der Waals surface area contributed by atoms with Crippen molar-refractivity contribution in [2.24, 2.45) is 5.92 Å². The number of ether oxygens (including phenoxy) is 1. The first-order valence-electron chi connectivity index (χ1n) is 5.53. The molecule has 6 nitrogen and oxygen atoms in total.